The van der Waals surface area contributed by atoms with Crippen LogP contribution in [0.2, 0.25) is 0 Å². The van der Waals surface area contributed by atoms with E-state index in [-0.39, 0.29) is 24.2 Å². The van der Waals surface area contributed by atoms with E-state index in [2.05, 4.69) is 15.2 Å². The molecule has 7 nitrogen and oxygen atoms in total. The van der Waals surface area contributed by atoms with E-state index in [1.54, 1.807) is 24.4 Å². The molecule has 3 amide bonds. The minimum absolute atomic E-state index is 0.120. The molecule has 0 radical (unpaired) electrons. The van der Waals surface area contributed by atoms with Crippen LogP contribution in [0.15, 0.2) is 60.8 Å². The van der Waals surface area contributed by atoms with Gasteiger partial charge >= 0.3 is 6.18 Å². The molecule has 1 aromatic heterocycles. The third-order valence-electron chi connectivity index (χ3n) is 8.34. The molecule has 0 spiro atoms. The summed E-state index contributed by atoms with van der Waals surface area (Å²) < 4.78 is 40.5. The number of imide groups is 1. The van der Waals surface area contributed by atoms with Crippen molar-refractivity contribution in [3.05, 3.63) is 88.6 Å². The average molecular weight is 563 g/mol. The zero-order chi connectivity index (χ0) is 28.7. The van der Waals surface area contributed by atoms with Gasteiger partial charge in [0.25, 0.3) is 5.91 Å². The lowest BCUT2D eigenvalue weighted by atomic mass is 9.86. The first-order valence-corrected chi connectivity index (χ1v) is 13.8. The van der Waals surface area contributed by atoms with Crippen molar-refractivity contribution in [2.24, 2.45) is 0 Å². The maximum absolute atomic E-state index is 13.5. The summed E-state index contributed by atoms with van der Waals surface area (Å²) in [5.74, 6) is -1.10. The molecule has 3 aliphatic rings. The fourth-order valence-electron chi connectivity index (χ4n) is 6.24. The number of carbonyl (C=O) groups excluding carboxylic acids is 3. The minimum atomic E-state index is -4.35. The van der Waals surface area contributed by atoms with Gasteiger partial charge in [-0.05, 0) is 85.3 Å². The van der Waals surface area contributed by atoms with Crippen molar-refractivity contribution < 1.29 is 27.6 Å². The monoisotopic (exact) mass is 562 g/mol. The molecule has 1 atom stereocenters. The molecule has 6 rings (SSSR count). The second-order valence-corrected chi connectivity index (χ2v) is 11.0. The number of nitrogens with zero attached hydrogens (tertiary/aromatic N) is 3. The van der Waals surface area contributed by atoms with Crippen LogP contribution in [0.3, 0.4) is 0 Å². The van der Waals surface area contributed by atoms with Gasteiger partial charge in [-0.3, -0.25) is 29.6 Å². The number of halogens is 3. The van der Waals surface area contributed by atoms with Gasteiger partial charge in [0.15, 0.2) is 0 Å². The van der Waals surface area contributed by atoms with Gasteiger partial charge in [0, 0.05) is 36.8 Å². The molecule has 0 saturated carbocycles. The van der Waals surface area contributed by atoms with Gasteiger partial charge in [-0.25, -0.2) is 0 Å². The Morgan fingerprint density at radius 3 is 2.49 bits per heavy atom. The van der Waals surface area contributed by atoms with Crippen LogP contribution in [-0.2, 0) is 28.9 Å². The summed E-state index contributed by atoms with van der Waals surface area (Å²) in [6.45, 7) is 2.35. The van der Waals surface area contributed by atoms with Gasteiger partial charge in [-0.2, -0.15) is 13.2 Å². The summed E-state index contributed by atoms with van der Waals surface area (Å²) in [4.78, 5) is 45.2. The van der Waals surface area contributed by atoms with E-state index < -0.39 is 23.7 Å². The van der Waals surface area contributed by atoms with Crippen molar-refractivity contribution in [2.75, 3.05) is 13.1 Å². The Hall–Kier alpha value is -4.05. The van der Waals surface area contributed by atoms with E-state index in [1.165, 1.54) is 17.0 Å². The number of likely N-dealkylation sites (tertiary alicyclic amines) is 1. The number of aromatic nitrogens is 1. The Morgan fingerprint density at radius 2 is 1.73 bits per heavy atom. The summed E-state index contributed by atoms with van der Waals surface area (Å²) in [5.41, 5.74) is 3.86. The maximum Gasteiger partial charge on any atom is 0.416 e. The summed E-state index contributed by atoms with van der Waals surface area (Å²) in [7, 11) is 0. The van der Waals surface area contributed by atoms with Crippen LogP contribution in [-0.4, -0.2) is 51.6 Å². The largest absolute Gasteiger partial charge is 0.416 e. The highest BCUT2D eigenvalue weighted by molar-refractivity contribution is 6.05. The normalized spacial score (nSPS) is 20.3. The number of rotatable bonds is 5. The molecule has 2 aromatic carbocycles. The molecule has 1 unspecified atom stereocenters. The first kappa shape index (κ1) is 27.1. The predicted octanol–water partition coefficient (Wildman–Crippen LogP) is 4.91. The average Bonchev–Trinajstić information content (AvgIpc) is 3.28. The van der Waals surface area contributed by atoms with Gasteiger partial charge in [-0.15, -0.1) is 0 Å². The molecule has 1 N–H and O–H groups in total. The number of pyridine rings is 1. The Bertz CT molecular complexity index is 1510. The van der Waals surface area contributed by atoms with E-state index in [9.17, 15) is 27.6 Å². The molecule has 212 valence electrons. The van der Waals surface area contributed by atoms with Crippen LogP contribution in [0.1, 0.15) is 64.2 Å². The topological polar surface area (TPSA) is 82.6 Å². The SMILES string of the molecule is O=C1CCC(N2Cc3cc(-c4cc(CN5CCC(c6ccccc6C(F)(F)F)CC5)ccn4)ccc3C2=O)C(=O)N1. The molecule has 3 aliphatic heterocycles. The molecule has 2 fully saturated rings. The smallest absolute Gasteiger partial charge is 0.322 e. The molecule has 2 saturated heterocycles. The van der Waals surface area contributed by atoms with Gasteiger partial charge in [-0.1, -0.05) is 24.3 Å². The van der Waals surface area contributed by atoms with E-state index in [4.69, 9.17) is 0 Å². The number of nitrogens with one attached hydrogen (secondary N) is 1. The zero-order valence-corrected chi connectivity index (χ0v) is 22.3. The van der Waals surface area contributed by atoms with E-state index in [0.717, 1.165) is 22.4 Å². The van der Waals surface area contributed by atoms with Crippen LogP contribution in [0.5, 0.6) is 0 Å². The lowest BCUT2D eigenvalue weighted by Gasteiger charge is -2.33. The molecule has 3 aromatic rings. The van der Waals surface area contributed by atoms with Crippen molar-refractivity contribution >= 4 is 17.7 Å². The summed E-state index contributed by atoms with van der Waals surface area (Å²) in [5, 5.41) is 2.32. The maximum atomic E-state index is 13.5. The Kier molecular flexibility index (Phi) is 7.11. The van der Waals surface area contributed by atoms with Crippen LogP contribution in [0.25, 0.3) is 11.3 Å². The van der Waals surface area contributed by atoms with Crippen molar-refractivity contribution in [3.8, 4) is 11.3 Å². The Morgan fingerprint density at radius 1 is 0.951 bits per heavy atom. The van der Waals surface area contributed by atoms with Gasteiger partial charge in [0.1, 0.15) is 6.04 Å². The van der Waals surface area contributed by atoms with Crippen LogP contribution >= 0.6 is 0 Å². The zero-order valence-electron chi connectivity index (χ0n) is 22.3. The number of fused-ring (bicyclic) bond motifs is 1. The van der Waals surface area contributed by atoms with Gasteiger partial charge < -0.3 is 4.90 Å². The van der Waals surface area contributed by atoms with Crippen LogP contribution in [0.4, 0.5) is 13.2 Å². The molecule has 0 aliphatic carbocycles. The first-order valence-electron chi connectivity index (χ1n) is 13.8. The molecule has 4 heterocycles. The van der Waals surface area contributed by atoms with Crippen LogP contribution < -0.4 is 5.32 Å². The highest BCUT2D eigenvalue weighted by Crippen LogP contribution is 2.39. The fraction of sp³-hybridized carbons (Fsp3) is 0.355. The fourth-order valence-corrected chi connectivity index (χ4v) is 6.24. The van der Waals surface area contributed by atoms with Gasteiger partial charge in [0.2, 0.25) is 11.8 Å². The van der Waals surface area contributed by atoms with Crippen molar-refractivity contribution in [1.29, 1.82) is 0 Å². The quantitative estimate of drug-likeness (QED) is 0.447. The molecular formula is C31H29F3N4O3. The lowest BCUT2D eigenvalue weighted by molar-refractivity contribution is -0.139. The van der Waals surface area contributed by atoms with Crippen molar-refractivity contribution in [2.45, 2.75) is 56.9 Å². The molecule has 10 heteroatoms. The van der Waals surface area contributed by atoms with E-state index >= 15 is 0 Å². The van der Waals surface area contributed by atoms with Crippen molar-refractivity contribution in [1.82, 2.24) is 20.1 Å². The second-order valence-electron chi connectivity index (χ2n) is 11.0. The van der Waals surface area contributed by atoms with E-state index in [0.29, 0.717) is 56.6 Å². The Labute approximate surface area is 235 Å². The first-order chi connectivity index (χ1) is 19.7. The molecule has 0 bridgehead atoms. The van der Waals surface area contributed by atoms with Gasteiger partial charge in [0.05, 0.1) is 11.3 Å². The third kappa shape index (κ3) is 5.48. The molecular weight excluding hydrogens is 533 g/mol. The standard InChI is InChI=1S/C31H29F3N4O3/c32-31(33,34)25-4-2-1-3-23(25)20-10-13-37(14-11-20)17-19-9-12-35-26(15-19)21-5-6-24-22(16-21)18-38(30(24)41)27-7-8-28(39)36-29(27)40/h1-6,9,12,15-16,20,27H,7-8,10-11,13-14,17-18H2,(H,36,39,40). The number of benzene rings is 2. The number of alkyl halides is 3. The molecule has 41 heavy (non-hydrogen) atoms. The third-order valence-corrected chi connectivity index (χ3v) is 8.34. The second kappa shape index (κ2) is 10.7. The lowest BCUT2D eigenvalue weighted by Crippen LogP contribution is -2.52. The van der Waals surface area contributed by atoms with Crippen LogP contribution in [0, 0.1) is 0 Å². The van der Waals surface area contributed by atoms with E-state index in [1.807, 2.05) is 24.3 Å². The highest BCUT2D eigenvalue weighted by Gasteiger charge is 2.39. The number of hydrogen-bond acceptors (Lipinski definition) is 5. The summed E-state index contributed by atoms with van der Waals surface area (Å²) >= 11 is 0. The minimum Gasteiger partial charge on any atom is -0.322 e. The summed E-state index contributed by atoms with van der Waals surface area (Å²) in [6.07, 6.45) is -0.772. The highest BCUT2D eigenvalue weighted by atomic mass is 19.4. The summed E-state index contributed by atoms with van der Waals surface area (Å²) in [6, 6.07) is 14.7. The number of piperidine rings is 2. The predicted molar refractivity (Wildman–Crippen MR) is 144 cm³/mol. The number of carbonyl (C=O) groups is 3. The van der Waals surface area contributed by atoms with Crippen molar-refractivity contribution in [3.63, 3.8) is 0 Å². The number of hydrogen-bond donors (Lipinski definition) is 1. The Balaban J connectivity index is 1.12. The number of amides is 3.